The molecule has 0 aliphatic heterocycles. The first-order valence-electron chi connectivity index (χ1n) is 6.44. The lowest BCUT2D eigenvalue weighted by Gasteiger charge is -2.23. The van der Waals surface area contributed by atoms with E-state index in [1.54, 1.807) is 24.3 Å². The van der Waals surface area contributed by atoms with Crippen molar-refractivity contribution in [2.45, 2.75) is 26.3 Å². The van der Waals surface area contributed by atoms with E-state index < -0.39 is 17.8 Å². The molecule has 6 heteroatoms. The van der Waals surface area contributed by atoms with Crippen LogP contribution >= 0.6 is 0 Å². The number of aliphatic carboxylic acids is 1. The molecule has 2 N–H and O–H groups in total. The van der Waals surface area contributed by atoms with Gasteiger partial charge in [-0.05, 0) is 18.8 Å². The van der Waals surface area contributed by atoms with E-state index in [0.29, 0.717) is 19.4 Å². The molecule has 0 aromatic carbocycles. The number of carbonyl (C=O) groups excluding carboxylic acids is 1. The summed E-state index contributed by atoms with van der Waals surface area (Å²) in [6, 6.07) is 0. The SMILES string of the molecule is CC1C[C@H](C(=O)N(C)Cc2cn[nH]c2)[C@H](C(=O)O)C1. The Morgan fingerprint density at radius 3 is 2.74 bits per heavy atom. The number of carboxylic acid groups (broad SMARTS) is 1. The van der Waals surface area contributed by atoms with Gasteiger partial charge in [-0.1, -0.05) is 6.92 Å². The number of hydrogen-bond acceptors (Lipinski definition) is 3. The largest absolute Gasteiger partial charge is 0.481 e. The van der Waals surface area contributed by atoms with E-state index in [4.69, 9.17) is 0 Å². The highest BCUT2D eigenvalue weighted by atomic mass is 16.4. The number of aromatic amines is 1. The molecule has 1 amide bonds. The molecule has 1 heterocycles. The molecule has 1 aromatic heterocycles. The van der Waals surface area contributed by atoms with Crippen LogP contribution in [-0.4, -0.2) is 39.1 Å². The van der Waals surface area contributed by atoms with Gasteiger partial charge in [0.15, 0.2) is 0 Å². The smallest absolute Gasteiger partial charge is 0.307 e. The van der Waals surface area contributed by atoms with Gasteiger partial charge in [0.2, 0.25) is 5.91 Å². The third kappa shape index (κ3) is 2.94. The molecule has 1 unspecified atom stereocenters. The number of nitrogens with zero attached hydrogens (tertiary/aromatic N) is 2. The van der Waals surface area contributed by atoms with Gasteiger partial charge < -0.3 is 10.0 Å². The lowest BCUT2D eigenvalue weighted by molar-refractivity contribution is -0.148. The summed E-state index contributed by atoms with van der Waals surface area (Å²) < 4.78 is 0. The Morgan fingerprint density at radius 1 is 1.47 bits per heavy atom. The number of aromatic nitrogens is 2. The monoisotopic (exact) mass is 265 g/mol. The number of nitrogens with one attached hydrogen (secondary N) is 1. The fraction of sp³-hybridized carbons (Fsp3) is 0.615. The molecule has 3 atom stereocenters. The van der Waals surface area contributed by atoms with Crippen LogP contribution in [0, 0.1) is 17.8 Å². The lowest BCUT2D eigenvalue weighted by atomic mass is 9.95. The standard InChI is InChI=1S/C13H19N3O3/c1-8-3-10(11(4-8)13(18)19)12(17)16(2)7-9-5-14-15-6-9/h5-6,8,10-11H,3-4,7H2,1-2H3,(H,14,15)(H,18,19)/t8?,10-,11+/m0/s1. The Kier molecular flexibility index (Phi) is 3.87. The van der Waals surface area contributed by atoms with Gasteiger partial charge in [0, 0.05) is 25.4 Å². The highest BCUT2D eigenvalue weighted by molar-refractivity contribution is 5.85. The summed E-state index contributed by atoms with van der Waals surface area (Å²) >= 11 is 0. The maximum absolute atomic E-state index is 12.4. The summed E-state index contributed by atoms with van der Waals surface area (Å²) in [5.74, 6) is -1.60. The second kappa shape index (κ2) is 5.42. The summed E-state index contributed by atoms with van der Waals surface area (Å²) in [5.41, 5.74) is 0.911. The molecule has 0 radical (unpaired) electrons. The van der Waals surface area contributed by atoms with Crippen LogP contribution < -0.4 is 0 Å². The maximum Gasteiger partial charge on any atom is 0.307 e. The van der Waals surface area contributed by atoms with Gasteiger partial charge in [0.05, 0.1) is 18.0 Å². The van der Waals surface area contributed by atoms with Gasteiger partial charge >= 0.3 is 5.97 Å². The molecule has 0 saturated heterocycles. The highest BCUT2D eigenvalue weighted by Gasteiger charge is 2.42. The van der Waals surface area contributed by atoms with Crippen LogP contribution in [0.25, 0.3) is 0 Å². The van der Waals surface area contributed by atoms with E-state index >= 15 is 0 Å². The predicted molar refractivity (Wildman–Crippen MR) is 68.1 cm³/mol. The molecule has 1 aromatic rings. The number of H-pyrrole nitrogens is 1. The highest BCUT2D eigenvalue weighted by Crippen LogP contribution is 2.37. The van der Waals surface area contributed by atoms with Crippen molar-refractivity contribution in [2.75, 3.05) is 7.05 Å². The number of hydrogen-bond donors (Lipinski definition) is 2. The fourth-order valence-corrected chi connectivity index (χ4v) is 2.84. The average Bonchev–Trinajstić information content (AvgIpc) is 2.97. The van der Waals surface area contributed by atoms with E-state index in [0.717, 1.165) is 5.56 Å². The number of rotatable bonds is 4. The van der Waals surface area contributed by atoms with E-state index in [9.17, 15) is 14.7 Å². The Balaban J connectivity index is 2.03. The maximum atomic E-state index is 12.4. The van der Waals surface area contributed by atoms with E-state index in [-0.39, 0.29) is 11.8 Å². The van der Waals surface area contributed by atoms with Crippen molar-refractivity contribution in [3.63, 3.8) is 0 Å². The van der Waals surface area contributed by atoms with Crippen LogP contribution in [0.4, 0.5) is 0 Å². The number of amides is 1. The minimum Gasteiger partial charge on any atom is -0.481 e. The predicted octanol–water partition coefficient (Wildman–Crippen LogP) is 1.11. The van der Waals surface area contributed by atoms with Gasteiger partial charge in [-0.2, -0.15) is 5.10 Å². The molecular weight excluding hydrogens is 246 g/mol. The van der Waals surface area contributed by atoms with Crippen molar-refractivity contribution in [2.24, 2.45) is 17.8 Å². The Morgan fingerprint density at radius 2 is 2.16 bits per heavy atom. The Hall–Kier alpha value is -1.85. The molecule has 19 heavy (non-hydrogen) atoms. The molecule has 2 rings (SSSR count). The van der Waals surface area contributed by atoms with Gasteiger partial charge in [-0.25, -0.2) is 0 Å². The molecular formula is C13H19N3O3. The molecule has 1 saturated carbocycles. The summed E-state index contributed by atoms with van der Waals surface area (Å²) in [6.45, 7) is 2.45. The molecule has 0 spiro atoms. The molecule has 1 aliphatic rings. The van der Waals surface area contributed by atoms with Gasteiger partial charge in [-0.15, -0.1) is 0 Å². The zero-order chi connectivity index (χ0) is 14.0. The summed E-state index contributed by atoms with van der Waals surface area (Å²) in [7, 11) is 1.71. The average molecular weight is 265 g/mol. The normalized spacial score (nSPS) is 26.3. The van der Waals surface area contributed by atoms with Crippen molar-refractivity contribution in [1.29, 1.82) is 0 Å². The van der Waals surface area contributed by atoms with E-state index in [1.165, 1.54) is 0 Å². The second-order valence-corrected chi connectivity index (χ2v) is 5.43. The Bertz CT molecular complexity index is 458. The molecule has 1 aliphatic carbocycles. The number of carboxylic acids is 1. The van der Waals surface area contributed by atoms with Crippen molar-refractivity contribution >= 4 is 11.9 Å². The fourth-order valence-electron chi connectivity index (χ4n) is 2.84. The minimum atomic E-state index is -0.862. The first-order chi connectivity index (χ1) is 8.99. The van der Waals surface area contributed by atoms with Crippen LogP contribution in [0.1, 0.15) is 25.3 Å². The molecule has 1 fully saturated rings. The number of carbonyl (C=O) groups is 2. The van der Waals surface area contributed by atoms with E-state index in [2.05, 4.69) is 10.2 Å². The Labute approximate surface area is 111 Å². The van der Waals surface area contributed by atoms with Crippen LogP contribution in [-0.2, 0) is 16.1 Å². The van der Waals surface area contributed by atoms with Crippen LogP contribution in [0.15, 0.2) is 12.4 Å². The topological polar surface area (TPSA) is 86.3 Å². The second-order valence-electron chi connectivity index (χ2n) is 5.43. The van der Waals surface area contributed by atoms with Crippen LogP contribution in [0.5, 0.6) is 0 Å². The summed E-state index contributed by atoms with van der Waals surface area (Å²) in [6.07, 6.45) is 4.64. The van der Waals surface area contributed by atoms with Gasteiger partial charge in [0.1, 0.15) is 0 Å². The third-order valence-electron chi connectivity index (χ3n) is 3.78. The van der Waals surface area contributed by atoms with Crippen molar-refractivity contribution in [3.8, 4) is 0 Å². The quantitative estimate of drug-likeness (QED) is 0.854. The van der Waals surface area contributed by atoms with Gasteiger partial charge in [0.25, 0.3) is 0 Å². The van der Waals surface area contributed by atoms with E-state index in [1.807, 2.05) is 6.92 Å². The summed E-state index contributed by atoms with van der Waals surface area (Å²) in [4.78, 5) is 25.2. The molecule has 6 nitrogen and oxygen atoms in total. The molecule has 104 valence electrons. The molecule has 0 bridgehead atoms. The summed E-state index contributed by atoms with van der Waals surface area (Å²) in [5, 5.41) is 15.7. The van der Waals surface area contributed by atoms with Crippen LogP contribution in [0.3, 0.4) is 0 Å². The first kappa shape index (κ1) is 13.6. The van der Waals surface area contributed by atoms with Crippen molar-refractivity contribution in [3.05, 3.63) is 18.0 Å². The zero-order valence-electron chi connectivity index (χ0n) is 11.2. The van der Waals surface area contributed by atoms with Crippen molar-refractivity contribution in [1.82, 2.24) is 15.1 Å². The lowest BCUT2D eigenvalue weighted by Crippen LogP contribution is -2.36. The minimum absolute atomic E-state index is 0.0852. The van der Waals surface area contributed by atoms with Gasteiger partial charge in [-0.3, -0.25) is 14.7 Å². The zero-order valence-corrected chi connectivity index (χ0v) is 11.2. The first-order valence-corrected chi connectivity index (χ1v) is 6.44. The van der Waals surface area contributed by atoms with Crippen LogP contribution in [0.2, 0.25) is 0 Å². The van der Waals surface area contributed by atoms with Crippen molar-refractivity contribution < 1.29 is 14.7 Å². The third-order valence-corrected chi connectivity index (χ3v) is 3.78.